The van der Waals surface area contributed by atoms with Crippen molar-refractivity contribution < 1.29 is 37.4 Å². The van der Waals surface area contributed by atoms with Gasteiger partial charge >= 0.3 is 12.1 Å². The Morgan fingerprint density at radius 2 is 1.64 bits per heavy atom. The normalized spacial score (nSPS) is 11.8. The van der Waals surface area contributed by atoms with Gasteiger partial charge in [-0.25, -0.2) is 4.79 Å². The molecular formula is C29H29F3N2O5. The third-order valence-electron chi connectivity index (χ3n) is 5.65. The minimum absolute atomic E-state index is 0.0605. The van der Waals surface area contributed by atoms with E-state index in [4.69, 9.17) is 9.57 Å². The molecule has 0 spiro atoms. The number of carbonyl (C=O) groups excluding carboxylic acids is 1. The van der Waals surface area contributed by atoms with Crippen molar-refractivity contribution in [2.24, 2.45) is 5.16 Å². The van der Waals surface area contributed by atoms with Crippen LogP contribution >= 0.6 is 0 Å². The maximum Gasteiger partial charge on any atom is 0.417 e. The molecule has 39 heavy (non-hydrogen) atoms. The van der Waals surface area contributed by atoms with Gasteiger partial charge in [-0.05, 0) is 40.8 Å². The van der Waals surface area contributed by atoms with Gasteiger partial charge in [0.15, 0.2) is 0 Å². The Morgan fingerprint density at radius 1 is 0.949 bits per heavy atom. The number of hydrogen-bond acceptors (Lipinski definition) is 5. The van der Waals surface area contributed by atoms with Crippen molar-refractivity contribution in [1.29, 1.82) is 0 Å². The number of carbonyl (C=O) groups is 2. The number of amides is 1. The van der Waals surface area contributed by atoms with E-state index >= 15 is 0 Å². The predicted molar refractivity (Wildman–Crippen MR) is 142 cm³/mol. The second-order valence-corrected chi connectivity index (χ2v) is 9.65. The third kappa shape index (κ3) is 8.33. The standard InChI is InChI=1S/C29H29F3N2O5/c1-28(2,3)20-11-9-19(10-12-20)18-33-39-16-6-15-38-21-13-14-23(27(36)37)25(17-21)34-26(35)22-7-4-5-8-24(22)29(30,31)32/h4-5,7-14,17-18H,6,15-16H2,1-3H3,(H,34,35)(H,36,37). The van der Waals surface area contributed by atoms with Crippen LogP contribution in [0.25, 0.3) is 0 Å². The molecule has 3 rings (SSSR count). The van der Waals surface area contributed by atoms with Crippen LogP contribution in [-0.4, -0.2) is 36.4 Å². The first-order chi connectivity index (χ1) is 18.4. The third-order valence-corrected chi connectivity index (χ3v) is 5.65. The van der Waals surface area contributed by atoms with E-state index in [2.05, 4.69) is 31.2 Å². The van der Waals surface area contributed by atoms with E-state index in [0.717, 1.165) is 23.8 Å². The number of rotatable bonds is 10. The Labute approximate surface area is 224 Å². The van der Waals surface area contributed by atoms with Crippen molar-refractivity contribution in [3.05, 3.63) is 94.5 Å². The highest BCUT2D eigenvalue weighted by molar-refractivity contribution is 6.08. The van der Waals surface area contributed by atoms with Gasteiger partial charge in [0.1, 0.15) is 12.4 Å². The number of carboxylic acids is 1. The van der Waals surface area contributed by atoms with Crippen molar-refractivity contribution in [3.63, 3.8) is 0 Å². The van der Waals surface area contributed by atoms with Crippen LogP contribution in [-0.2, 0) is 16.4 Å². The molecule has 0 aliphatic carbocycles. The van der Waals surface area contributed by atoms with Gasteiger partial charge in [-0.3, -0.25) is 4.79 Å². The molecule has 3 aromatic carbocycles. The van der Waals surface area contributed by atoms with Gasteiger partial charge in [-0.1, -0.05) is 62.3 Å². The number of benzene rings is 3. The predicted octanol–water partition coefficient (Wildman–Crippen LogP) is 6.77. The van der Waals surface area contributed by atoms with E-state index in [0.29, 0.717) is 6.42 Å². The van der Waals surface area contributed by atoms with Crippen LogP contribution in [0.2, 0.25) is 0 Å². The lowest BCUT2D eigenvalue weighted by atomic mass is 9.87. The molecule has 3 aromatic rings. The lowest BCUT2D eigenvalue weighted by Gasteiger charge is -2.18. The molecule has 2 N–H and O–H groups in total. The van der Waals surface area contributed by atoms with Crippen molar-refractivity contribution in [1.82, 2.24) is 0 Å². The molecule has 0 aliphatic rings. The number of hydrogen-bond donors (Lipinski definition) is 2. The zero-order valence-corrected chi connectivity index (χ0v) is 21.7. The van der Waals surface area contributed by atoms with Crippen LogP contribution in [0.4, 0.5) is 18.9 Å². The van der Waals surface area contributed by atoms with Gasteiger partial charge in [0.25, 0.3) is 5.91 Å². The summed E-state index contributed by atoms with van der Waals surface area (Å²) >= 11 is 0. The first-order valence-corrected chi connectivity index (χ1v) is 12.1. The SMILES string of the molecule is CC(C)(C)c1ccc(C=NOCCCOc2ccc(C(=O)O)c(NC(=O)c3ccccc3C(F)(F)F)c2)cc1. The van der Waals surface area contributed by atoms with Crippen molar-refractivity contribution in [2.45, 2.75) is 38.8 Å². The van der Waals surface area contributed by atoms with Gasteiger partial charge in [-0.15, -0.1) is 0 Å². The first kappa shape index (κ1) is 29.2. The number of nitrogens with one attached hydrogen (secondary N) is 1. The lowest BCUT2D eigenvalue weighted by Crippen LogP contribution is -2.20. The topological polar surface area (TPSA) is 97.2 Å². The highest BCUT2D eigenvalue weighted by atomic mass is 19.4. The minimum atomic E-state index is -4.75. The summed E-state index contributed by atoms with van der Waals surface area (Å²) in [5.74, 6) is -2.23. The summed E-state index contributed by atoms with van der Waals surface area (Å²) in [6, 6.07) is 16.1. The van der Waals surface area contributed by atoms with E-state index < -0.39 is 29.2 Å². The first-order valence-electron chi connectivity index (χ1n) is 12.1. The maximum atomic E-state index is 13.3. The summed E-state index contributed by atoms with van der Waals surface area (Å²) in [4.78, 5) is 29.5. The number of nitrogens with zero attached hydrogens (tertiary/aromatic N) is 1. The fourth-order valence-corrected chi connectivity index (χ4v) is 3.55. The van der Waals surface area contributed by atoms with Gasteiger partial charge in [0, 0.05) is 12.5 Å². The summed E-state index contributed by atoms with van der Waals surface area (Å²) in [7, 11) is 0. The van der Waals surface area contributed by atoms with E-state index in [1.165, 1.54) is 29.8 Å². The molecule has 0 radical (unpaired) electrons. The molecular weight excluding hydrogens is 513 g/mol. The van der Waals surface area contributed by atoms with Crippen LogP contribution in [0, 0.1) is 0 Å². The lowest BCUT2D eigenvalue weighted by molar-refractivity contribution is -0.137. The van der Waals surface area contributed by atoms with Gasteiger partial charge < -0.3 is 20.0 Å². The molecule has 0 aromatic heterocycles. The number of aromatic carboxylic acids is 1. The van der Waals surface area contributed by atoms with Crippen molar-refractivity contribution >= 4 is 23.8 Å². The number of halogens is 3. The highest BCUT2D eigenvalue weighted by Gasteiger charge is 2.35. The van der Waals surface area contributed by atoms with E-state index in [9.17, 15) is 27.9 Å². The molecule has 0 saturated heterocycles. The number of oxime groups is 1. The monoisotopic (exact) mass is 542 g/mol. The summed E-state index contributed by atoms with van der Waals surface area (Å²) in [5.41, 5.74) is -0.0842. The average Bonchev–Trinajstić information content (AvgIpc) is 2.87. The highest BCUT2D eigenvalue weighted by Crippen LogP contribution is 2.32. The number of ether oxygens (including phenoxy) is 1. The van der Waals surface area contributed by atoms with E-state index in [1.807, 2.05) is 24.3 Å². The van der Waals surface area contributed by atoms with Gasteiger partial charge in [0.2, 0.25) is 0 Å². The summed E-state index contributed by atoms with van der Waals surface area (Å²) in [5, 5.41) is 15.6. The van der Waals surface area contributed by atoms with E-state index in [1.54, 1.807) is 6.21 Å². The number of alkyl halides is 3. The molecule has 10 heteroatoms. The summed E-state index contributed by atoms with van der Waals surface area (Å²) in [6.07, 6.45) is -2.71. The molecule has 0 fully saturated rings. The van der Waals surface area contributed by atoms with Crippen molar-refractivity contribution in [3.8, 4) is 5.75 Å². The van der Waals surface area contributed by atoms with Gasteiger partial charge in [-0.2, -0.15) is 13.2 Å². The zero-order valence-electron chi connectivity index (χ0n) is 21.7. The second-order valence-electron chi connectivity index (χ2n) is 9.65. The van der Waals surface area contributed by atoms with Crippen LogP contribution in [0.1, 0.15) is 64.6 Å². The zero-order chi connectivity index (χ0) is 28.6. The van der Waals surface area contributed by atoms with Crippen LogP contribution < -0.4 is 10.1 Å². The van der Waals surface area contributed by atoms with E-state index in [-0.39, 0.29) is 35.6 Å². The van der Waals surface area contributed by atoms with Crippen molar-refractivity contribution in [2.75, 3.05) is 18.5 Å². The summed E-state index contributed by atoms with van der Waals surface area (Å²) in [6.45, 7) is 6.84. The molecule has 0 atom stereocenters. The van der Waals surface area contributed by atoms with Gasteiger partial charge in [0.05, 0.1) is 35.2 Å². The molecule has 0 saturated carbocycles. The number of carboxylic acid groups (broad SMARTS) is 1. The molecule has 206 valence electrons. The number of anilines is 1. The summed E-state index contributed by atoms with van der Waals surface area (Å²) < 4.78 is 45.5. The second kappa shape index (κ2) is 12.5. The minimum Gasteiger partial charge on any atom is -0.493 e. The molecule has 0 bridgehead atoms. The Hall–Kier alpha value is -4.34. The fraction of sp³-hybridized carbons (Fsp3) is 0.276. The Kier molecular flexibility index (Phi) is 9.34. The molecule has 1 amide bonds. The van der Waals surface area contributed by atoms with Crippen LogP contribution in [0.15, 0.2) is 71.9 Å². The molecule has 0 aliphatic heterocycles. The average molecular weight is 543 g/mol. The molecule has 0 heterocycles. The van der Waals surface area contributed by atoms with Crippen LogP contribution in [0.3, 0.4) is 0 Å². The smallest absolute Gasteiger partial charge is 0.417 e. The quantitative estimate of drug-likeness (QED) is 0.167. The van der Waals surface area contributed by atoms with Crippen LogP contribution in [0.5, 0.6) is 5.75 Å². The fourth-order valence-electron chi connectivity index (χ4n) is 3.55. The Morgan fingerprint density at radius 3 is 2.28 bits per heavy atom. The maximum absolute atomic E-state index is 13.3. The molecule has 7 nitrogen and oxygen atoms in total. The molecule has 0 unspecified atom stereocenters. The Balaban J connectivity index is 1.56. The Bertz CT molecular complexity index is 1330. The largest absolute Gasteiger partial charge is 0.493 e.